The maximum Gasteiger partial charge on any atom is 0.258 e. The van der Waals surface area contributed by atoms with E-state index in [9.17, 15) is 13.2 Å². The smallest absolute Gasteiger partial charge is 0.258 e. The van der Waals surface area contributed by atoms with Crippen LogP contribution in [0.4, 0.5) is 11.4 Å². The topological polar surface area (TPSA) is 66.9 Å². The van der Waals surface area contributed by atoms with Gasteiger partial charge in [-0.2, -0.15) is 0 Å². The molecule has 0 spiro atoms. The van der Waals surface area contributed by atoms with E-state index in [2.05, 4.69) is 0 Å². The average Bonchev–Trinajstić information content (AvgIpc) is 2.79. The van der Waals surface area contributed by atoms with E-state index in [1.807, 2.05) is 49.4 Å². The molecule has 0 radical (unpaired) electrons. The molecule has 0 fully saturated rings. The Morgan fingerprint density at radius 1 is 0.969 bits per heavy atom. The van der Waals surface area contributed by atoms with Crippen LogP contribution in [0.1, 0.15) is 35.3 Å². The number of anilines is 2. The Morgan fingerprint density at radius 2 is 1.59 bits per heavy atom. The predicted molar refractivity (Wildman–Crippen MR) is 127 cm³/mol. The first-order valence-electron chi connectivity index (χ1n) is 10.4. The van der Waals surface area contributed by atoms with E-state index >= 15 is 0 Å². The molecule has 166 valence electrons. The van der Waals surface area contributed by atoms with E-state index in [1.54, 1.807) is 48.4 Å². The highest BCUT2D eigenvalue weighted by molar-refractivity contribution is 7.92. The fourth-order valence-electron chi connectivity index (χ4n) is 4.36. The highest BCUT2D eigenvalue weighted by atomic mass is 32.2. The zero-order valence-electron chi connectivity index (χ0n) is 18.3. The molecule has 0 aromatic heterocycles. The van der Waals surface area contributed by atoms with Crippen molar-refractivity contribution in [2.45, 2.75) is 25.4 Å². The number of benzene rings is 3. The second kappa shape index (κ2) is 8.67. The van der Waals surface area contributed by atoms with Crippen molar-refractivity contribution in [3.8, 4) is 5.75 Å². The van der Waals surface area contributed by atoms with Gasteiger partial charge < -0.3 is 9.64 Å². The fourth-order valence-corrected chi connectivity index (χ4v) is 5.53. The second-order valence-corrected chi connectivity index (χ2v) is 9.82. The largest absolute Gasteiger partial charge is 0.497 e. The molecular weight excluding hydrogens is 424 g/mol. The van der Waals surface area contributed by atoms with Gasteiger partial charge in [0.2, 0.25) is 10.0 Å². The summed E-state index contributed by atoms with van der Waals surface area (Å²) in [5, 5.41) is 0. The molecule has 4 rings (SSSR count). The molecule has 1 aliphatic rings. The molecular formula is C25H26N2O4S. The van der Waals surface area contributed by atoms with Crippen LogP contribution < -0.4 is 13.9 Å². The Hall–Kier alpha value is -3.32. The van der Waals surface area contributed by atoms with Gasteiger partial charge in [-0.3, -0.25) is 9.10 Å². The first-order valence-corrected chi connectivity index (χ1v) is 12.3. The van der Waals surface area contributed by atoms with Crippen LogP contribution in [0.15, 0.2) is 78.9 Å². The first-order chi connectivity index (χ1) is 15.3. The SMILES string of the molecule is COc1ccc(C(=O)N2c3ccccc3[C@H](N(c3ccccc3)S(C)(=O)=O)C[C@@H]2C)cc1. The normalized spacial score (nSPS) is 18.0. The monoisotopic (exact) mass is 450 g/mol. The Morgan fingerprint density at radius 3 is 2.22 bits per heavy atom. The molecule has 32 heavy (non-hydrogen) atoms. The molecule has 0 aliphatic carbocycles. The third-order valence-electron chi connectivity index (χ3n) is 5.77. The molecule has 0 saturated heterocycles. The van der Waals surface area contributed by atoms with Gasteiger partial charge in [0, 0.05) is 17.3 Å². The van der Waals surface area contributed by atoms with Crippen molar-refractivity contribution in [2.24, 2.45) is 0 Å². The van der Waals surface area contributed by atoms with Crippen molar-refractivity contribution in [3.63, 3.8) is 0 Å². The van der Waals surface area contributed by atoms with Crippen LogP contribution in [-0.2, 0) is 10.0 Å². The van der Waals surface area contributed by atoms with Gasteiger partial charge in [0.15, 0.2) is 0 Å². The molecule has 0 unspecified atom stereocenters. The van der Waals surface area contributed by atoms with Crippen LogP contribution in [0.3, 0.4) is 0 Å². The number of methoxy groups -OCH3 is 1. The third-order valence-corrected chi connectivity index (χ3v) is 6.95. The zero-order valence-corrected chi connectivity index (χ0v) is 19.1. The minimum Gasteiger partial charge on any atom is -0.497 e. The van der Waals surface area contributed by atoms with Gasteiger partial charge in [-0.1, -0.05) is 36.4 Å². The lowest BCUT2D eigenvalue weighted by molar-refractivity contribution is 0.0974. The Balaban J connectivity index is 1.79. The summed E-state index contributed by atoms with van der Waals surface area (Å²) in [6.07, 6.45) is 1.70. The summed E-state index contributed by atoms with van der Waals surface area (Å²) >= 11 is 0. The molecule has 0 saturated carbocycles. The van der Waals surface area contributed by atoms with Crippen molar-refractivity contribution in [1.82, 2.24) is 0 Å². The summed E-state index contributed by atoms with van der Waals surface area (Å²) in [6, 6.07) is 23.0. The van der Waals surface area contributed by atoms with Gasteiger partial charge in [0.05, 0.1) is 25.1 Å². The zero-order chi connectivity index (χ0) is 22.9. The molecule has 7 heteroatoms. The summed E-state index contributed by atoms with van der Waals surface area (Å²) in [4.78, 5) is 15.2. The molecule has 0 bridgehead atoms. The highest BCUT2D eigenvalue weighted by Crippen LogP contribution is 2.43. The first kappa shape index (κ1) is 21.9. The number of sulfonamides is 1. The summed E-state index contributed by atoms with van der Waals surface area (Å²) in [5.41, 5.74) is 2.69. The quantitative estimate of drug-likeness (QED) is 0.568. The van der Waals surface area contributed by atoms with Gasteiger partial charge >= 0.3 is 0 Å². The maximum atomic E-state index is 13.5. The van der Waals surface area contributed by atoms with Crippen LogP contribution in [0.2, 0.25) is 0 Å². The number of carbonyl (C=O) groups excluding carboxylic acids is 1. The number of carbonyl (C=O) groups is 1. The van der Waals surface area contributed by atoms with Crippen LogP contribution in [0.25, 0.3) is 0 Å². The highest BCUT2D eigenvalue weighted by Gasteiger charge is 2.39. The van der Waals surface area contributed by atoms with Crippen molar-refractivity contribution in [1.29, 1.82) is 0 Å². The molecule has 1 aliphatic heterocycles. The number of para-hydroxylation sites is 2. The molecule has 2 atom stereocenters. The number of amides is 1. The van der Waals surface area contributed by atoms with E-state index in [-0.39, 0.29) is 11.9 Å². The Kier molecular flexibility index (Phi) is 5.93. The Bertz CT molecular complexity index is 1210. The van der Waals surface area contributed by atoms with Gasteiger partial charge in [0.25, 0.3) is 5.91 Å². The van der Waals surface area contributed by atoms with Crippen LogP contribution in [0.5, 0.6) is 5.75 Å². The number of hydrogen-bond donors (Lipinski definition) is 0. The standard InChI is InChI=1S/C25H26N2O4S/c1-18-17-24(27(32(3,29)30)20-9-5-4-6-10-20)22-11-7-8-12-23(22)26(18)25(28)19-13-15-21(31-2)16-14-19/h4-16,18,24H,17H2,1-3H3/t18-,24+/m0/s1. The fraction of sp³-hybridized carbons (Fsp3) is 0.240. The van der Waals surface area contributed by atoms with Gasteiger partial charge in [0.1, 0.15) is 5.75 Å². The number of nitrogens with zero attached hydrogens (tertiary/aromatic N) is 2. The molecule has 6 nitrogen and oxygen atoms in total. The van der Waals surface area contributed by atoms with Crippen molar-refractivity contribution < 1.29 is 17.9 Å². The molecule has 3 aromatic rings. The molecule has 3 aromatic carbocycles. The second-order valence-electron chi connectivity index (χ2n) is 7.96. The van der Waals surface area contributed by atoms with E-state index < -0.39 is 16.1 Å². The predicted octanol–water partition coefficient (Wildman–Crippen LogP) is 4.64. The molecule has 1 amide bonds. The van der Waals surface area contributed by atoms with Crippen LogP contribution >= 0.6 is 0 Å². The van der Waals surface area contributed by atoms with E-state index in [4.69, 9.17) is 4.74 Å². The van der Waals surface area contributed by atoms with Crippen molar-refractivity contribution in [2.75, 3.05) is 22.6 Å². The number of rotatable bonds is 5. The third kappa shape index (κ3) is 4.08. The average molecular weight is 451 g/mol. The lowest BCUT2D eigenvalue weighted by Gasteiger charge is -2.43. The molecule has 0 N–H and O–H groups in total. The minimum atomic E-state index is -3.57. The summed E-state index contributed by atoms with van der Waals surface area (Å²) in [7, 11) is -1.98. The summed E-state index contributed by atoms with van der Waals surface area (Å²) in [5.74, 6) is 0.553. The van der Waals surface area contributed by atoms with Crippen LogP contribution in [0, 0.1) is 0 Å². The lowest BCUT2D eigenvalue weighted by Crippen LogP contribution is -2.47. The summed E-state index contributed by atoms with van der Waals surface area (Å²) in [6.45, 7) is 1.95. The lowest BCUT2D eigenvalue weighted by atomic mass is 9.90. The Labute approximate surface area is 189 Å². The number of ether oxygens (including phenoxy) is 1. The number of hydrogen-bond acceptors (Lipinski definition) is 4. The van der Waals surface area contributed by atoms with E-state index in [1.165, 1.54) is 10.6 Å². The molecule has 1 heterocycles. The van der Waals surface area contributed by atoms with Gasteiger partial charge in [-0.15, -0.1) is 0 Å². The minimum absolute atomic E-state index is 0.128. The van der Waals surface area contributed by atoms with Gasteiger partial charge in [-0.25, -0.2) is 8.42 Å². The van der Waals surface area contributed by atoms with E-state index in [0.29, 0.717) is 23.4 Å². The van der Waals surface area contributed by atoms with Crippen LogP contribution in [-0.4, -0.2) is 33.7 Å². The maximum absolute atomic E-state index is 13.5. The van der Waals surface area contributed by atoms with Crippen molar-refractivity contribution >= 4 is 27.3 Å². The summed E-state index contributed by atoms with van der Waals surface area (Å²) < 4.78 is 32.4. The number of fused-ring (bicyclic) bond motifs is 1. The van der Waals surface area contributed by atoms with Gasteiger partial charge in [-0.05, 0) is 61.4 Å². The van der Waals surface area contributed by atoms with Crippen molar-refractivity contribution in [3.05, 3.63) is 90.0 Å². The van der Waals surface area contributed by atoms with E-state index in [0.717, 1.165) is 11.3 Å².